The summed E-state index contributed by atoms with van der Waals surface area (Å²) in [4.78, 5) is 26.4. The molecule has 0 spiro atoms. The van der Waals surface area contributed by atoms with Gasteiger partial charge in [-0.15, -0.1) is 0 Å². The first-order chi connectivity index (χ1) is 20.5. The molecular weight excluding hydrogens is 614 g/mol. The molecule has 0 radical (unpaired) electrons. The molecule has 0 bridgehead atoms. The molecule has 1 atom stereocenters. The Kier molecular flexibility index (Phi) is 9.14. The zero-order valence-electron chi connectivity index (χ0n) is 23.1. The molecule has 234 valence electrons. The number of nitrogens with one attached hydrogen (secondary N) is 2. The SMILES string of the molecule is Cc1ccc(C2=C(C(=O)NS(=O)(=O)c3ccccc3)C(=O)NC(c3ccc(OCCCC(F)(F)F)cc3)(C(F)(F)F)C2)cc1. The van der Waals surface area contributed by atoms with Gasteiger partial charge in [0.05, 0.1) is 11.5 Å². The fraction of sp³-hybridized carbons (Fsp3) is 0.267. The summed E-state index contributed by atoms with van der Waals surface area (Å²) in [5, 5.41) is 1.90. The lowest BCUT2D eigenvalue weighted by Crippen LogP contribution is -2.59. The van der Waals surface area contributed by atoms with Crippen molar-refractivity contribution in [3.05, 3.63) is 101 Å². The fourth-order valence-corrected chi connectivity index (χ4v) is 5.65. The minimum absolute atomic E-state index is 0.0101. The summed E-state index contributed by atoms with van der Waals surface area (Å²) in [5.74, 6) is -2.87. The fourth-order valence-electron chi connectivity index (χ4n) is 4.67. The third-order valence-corrected chi connectivity index (χ3v) is 8.26. The Labute approximate surface area is 249 Å². The summed E-state index contributed by atoms with van der Waals surface area (Å²) < 4.78 is 115. The van der Waals surface area contributed by atoms with Gasteiger partial charge in [-0.05, 0) is 54.3 Å². The van der Waals surface area contributed by atoms with Crippen LogP contribution in [0, 0.1) is 6.92 Å². The summed E-state index contributed by atoms with van der Waals surface area (Å²) in [5.41, 5.74) is -3.83. The van der Waals surface area contributed by atoms with E-state index in [1.54, 1.807) is 23.8 Å². The van der Waals surface area contributed by atoms with Crippen LogP contribution in [0.4, 0.5) is 26.3 Å². The van der Waals surface area contributed by atoms with Gasteiger partial charge in [-0.25, -0.2) is 13.1 Å². The van der Waals surface area contributed by atoms with Gasteiger partial charge in [-0.3, -0.25) is 9.59 Å². The van der Waals surface area contributed by atoms with Gasteiger partial charge in [-0.2, -0.15) is 26.3 Å². The molecule has 1 unspecified atom stereocenters. The van der Waals surface area contributed by atoms with Gasteiger partial charge >= 0.3 is 12.4 Å². The van der Waals surface area contributed by atoms with Crippen molar-refractivity contribution in [1.29, 1.82) is 0 Å². The lowest BCUT2D eigenvalue weighted by molar-refractivity contribution is -0.201. The molecule has 1 aliphatic rings. The molecule has 2 amide bonds. The molecule has 0 saturated carbocycles. The average molecular weight is 641 g/mol. The molecule has 4 rings (SSSR count). The second-order valence-corrected chi connectivity index (χ2v) is 11.8. The predicted molar refractivity (Wildman–Crippen MR) is 148 cm³/mol. The van der Waals surface area contributed by atoms with Crippen LogP contribution < -0.4 is 14.8 Å². The number of carbonyl (C=O) groups is 2. The predicted octanol–water partition coefficient (Wildman–Crippen LogP) is 5.95. The van der Waals surface area contributed by atoms with E-state index in [-0.39, 0.29) is 34.8 Å². The van der Waals surface area contributed by atoms with Gasteiger partial charge in [-0.1, -0.05) is 60.2 Å². The van der Waals surface area contributed by atoms with Crippen molar-refractivity contribution in [2.24, 2.45) is 0 Å². The van der Waals surface area contributed by atoms with Gasteiger partial charge in [0.1, 0.15) is 11.3 Å². The molecule has 3 aromatic rings. The molecular formula is C30H26F6N2O5S. The van der Waals surface area contributed by atoms with Crippen molar-refractivity contribution in [1.82, 2.24) is 10.0 Å². The number of rotatable bonds is 9. The highest BCUT2D eigenvalue weighted by Gasteiger charge is 2.60. The average Bonchev–Trinajstić information content (AvgIpc) is 2.94. The lowest BCUT2D eigenvalue weighted by atomic mass is 9.76. The van der Waals surface area contributed by atoms with E-state index >= 15 is 0 Å². The highest BCUT2D eigenvalue weighted by atomic mass is 32.2. The van der Waals surface area contributed by atoms with E-state index in [0.717, 1.165) is 29.8 Å². The Morgan fingerprint density at radius 1 is 0.932 bits per heavy atom. The van der Waals surface area contributed by atoms with Crippen molar-refractivity contribution in [3.63, 3.8) is 0 Å². The first-order valence-electron chi connectivity index (χ1n) is 13.1. The van der Waals surface area contributed by atoms with E-state index in [1.165, 1.54) is 42.5 Å². The number of amides is 2. The maximum Gasteiger partial charge on any atom is 0.416 e. The van der Waals surface area contributed by atoms with Crippen molar-refractivity contribution in [2.75, 3.05) is 6.61 Å². The summed E-state index contributed by atoms with van der Waals surface area (Å²) in [6.07, 6.45) is -11.9. The molecule has 0 aromatic heterocycles. The number of sulfonamides is 1. The first kappa shape index (κ1) is 32.6. The molecule has 14 heteroatoms. The Balaban J connectivity index is 1.74. The van der Waals surface area contributed by atoms with Gasteiger partial charge < -0.3 is 10.1 Å². The smallest absolute Gasteiger partial charge is 0.416 e. The van der Waals surface area contributed by atoms with Crippen LogP contribution in [0.1, 0.15) is 36.0 Å². The molecule has 1 aliphatic heterocycles. The van der Waals surface area contributed by atoms with E-state index in [0.29, 0.717) is 0 Å². The maximum atomic E-state index is 14.9. The van der Waals surface area contributed by atoms with Crippen LogP contribution in [-0.2, 0) is 25.2 Å². The number of ether oxygens (including phenoxy) is 1. The van der Waals surface area contributed by atoms with Crippen molar-refractivity contribution < 1.29 is 49.1 Å². The Morgan fingerprint density at radius 3 is 2.11 bits per heavy atom. The summed E-state index contributed by atoms with van der Waals surface area (Å²) in [6, 6.07) is 17.0. The van der Waals surface area contributed by atoms with Crippen molar-refractivity contribution >= 4 is 27.4 Å². The normalized spacial score (nSPS) is 17.7. The Bertz CT molecular complexity index is 1650. The number of halogens is 6. The number of benzene rings is 3. The van der Waals surface area contributed by atoms with E-state index in [2.05, 4.69) is 0 Å². The zero-order valence-corrected chi connectivity index (χ0v) is 23.9. The summed E-state index contributed by atoms with van der Waals surface area (Å²) in [7, 11) is -4.49. The monoisotopic (exact) mass is 640 g/mol. The van der Waals surface area contributed by atoms with Crippen LogP contribution in [0.25, 0.3) is 5.57 Å². The first-order valence-corrected chi connectivity index (χ1v) is 14.6. The highest BCUT2D eigenvalue weighted by molar-refractivity contribution is 7.90. The number of alkyl halides is 6. The molecule has 3 aromatic carbocycles. The topological polar surface area (TPSA) is 102 Å². The second-order valence-electron chi connectivity index (χ2n) is 10.1. The van der Waals surface area contributed by atoms with Crippen LogP contribution in [-0.4, -0.2) is 39.2 Å². The highest BCUT2D eigenvalue weighted by Crippen LogP contribution is 2.48. The third-order valence-electron chi connectivity index (χ3n) is 6.91. The van der Waals surface area contributed by atoms with Crippen LogP contribution in [0.15, 0.2) is 89.3 Å². The van der Waals surface area contributed by atoms with Crippen molar-refractivity contribution in [3.8, 4) is 5.75 Å². The van der Waals surface area contributed by atoms with Crippen molar-refractivity contribution in [2.45, 2.75) is 49.0 Å². The van der Waals surface area contributed by atoms with Crippen LogP contribution in [0.5, 0.6) is 5.75 Å². The molecule has 0 saturated heterocycles. The van der Waals surface area contributed by atoms with Gasteiger partial charge in [0.15, 0.2) is 5.54 Å². The Hall–Kier alpha value is -4.33. The summed E-state index contributed by atoms with van der Waals surface area (Å²) >= 11 is 0. The van der Waals surface area contributed by atoms with Gasteiger partial charge in [0.25, 0.3) is 21.8 Å². The molecule has 44 heavy (non-hydrogen) atoms. The molecule has 7 nitrogen and oxygen atoms in total. The van der Waals surface area contributed by atoms with E-state index < -0.39 is 63.7 Å². The van der Waals surface area contributed by atoms with Crippen LogP contribution in [0.2, 0.25) is 0 Å². The van der Waals surface area contributed by atoms with Gasteiger partial charge in [0.2, 0.25) is 0 Å². The number of aryl methyl sites for hydroxylation is 1. The number of hydrogen-bond acceptors (Lipinski definition) is 5. The molecule has 1 heterocycles. The minimum Gasteiger partial charge on any atom is -0.494 e. The quantitative estimate of drug-likeness (QED) is 0.171. The van der Waals surface area contributed by atoms with Gasteiger partial charge in [0, 0.05) is 12.8 Å². The summed E-state index contributed by atoms with van der Waals surface area (Å²) in [6.45, 7) is 1.39. The second kappa shape index (κ2) is 12.3. The van der Waals surface area contributed by atoms with Crippen LogP contribution >= 0.6 is 0 Å². The molecule has 2 N–H and O–H groups in total. The third kappa shape index (κ3) is 7.24. The van der Waals surface area contributed by atoms with E-state index in [1.807, 2.05) is 5.32 Å². The number of hydrogen-bond donors (Lipinski definition) is 2. The minimum atomic E-state index is -5.12. The Morgan fingerprint density at radius 2 is 1.55 bits per heavy atom. The zero-order chi connectivity index (χ0) is 32.3. The van der Waals surface area contributed by atoms with E-state index in [9.17, 15) is 44.3 Å². The standard InChI is InChI=1S/C30H26F6N2O5S/c1-19-8-10-20(11-9-19)24-18-28(30(34,35)36,21-12-14-22(15-13-21)43-17-5-16-29(31,32)33)37-26(39)25(24)27(40)38-44(41,42)23-6-3-2-4-7-23/h2-4,6-15H,5,16-18H2,1H3,(H,37,39)(H,38,40). The van der Waals surface area contributed by atoms with Crippen LogP contribution in [0.3, 0.4) is 0 Å². The molecule has 0 aliphatic carbocycles. The largest absolute Gasteiger partial charge is 0.494 e. The maximum absolute atomic E-state index is 14.9. The number of carbonyl (C=O) groups excluding carboxylic acids is 2. The van der Waals surface area contributed by atoms with E-state index in [4.69, 9.17) is 4.74 Å². The lowest BCUT2D eigenvalue weighted by Gasteiger charge is -2.41. The molecule has 0 fully saturated rings.